The fraction of sp³-hybridized carbons (Fsp3) is 0.150. The molecule has 3 aromatic rings. The predicted molar refractivity (Wildman–Crippen MR) is 108 cm³/mol. The van der Waals surface area contributed by atoms with E-state index in [0.29, 0.717) is 12.0 Å². The van der Waals surface area contributed by atoms with Gasteiger partial charge >= 0.3 is 5.97 Å². The molecule has 0 aliphatic carbocycles. The van der Waals surface area contributed by atoms with Crippen LogP contribution in [0.25, 0.3) is 10.9 Å². The van der Waals surface area contributed by atoms with Crippen LogP contribution in [0.3, 0.4) is 0 Å². The summed E-state index contributed by atoms with van der Waals surface area (Å²) in [7, 11) is 1.31. The molecule has 0 saturated heterocycles. The Hall–Kier alpha value is -2.48. The monoisotopic (exact) mass is 460 g/mol. The fourth-order valence-electron chi connectivity index (χ4n) is 2.67. The highest BCUT2D eigenvalue weighted by atomic mass is 127. The smallest absolute Gasteiger partial charge is 0.328 e. The summed E-state index contributed by atoms with van der Waals surface area (Å²) < 4.78 is 5.91. The number of aromatic nitrogens is 1. The Bertz CT molecular complexity index is 958. The lowest BCUT2D eigenvalue weighted by molar-refractivity contribution is -0.142. The third-order valence-corrected chi connectivity index (χ3v) is 4.64. The van der Waals surface area contributed by atoms with Crippen molar-refractivity contribution in [3.05, 3.63) is 75.5 Å². The summed E-state index contributed by atoms with van der Waals surface area (Å²) in [5.74, 6) is -0.838. The van der Waals surface area contributed by atoms with Crippen LogP contribution in [-0.2, 0) is 16.0 Å². The molecule has 132 valence electrons. The van der Waals surface area contributed by atoms with Gasteiger partial charge in [-0.05, 0) is 52.4 Å². The number of hydrogen-bond donors (Lipinski definition) is 1. The van der Waals surface area contributed by atoms with Crippen LogP contribution >= 0.6 is 22.6 Å². The standard InChI is InChI=1S/C20H17IN2O3/c1-26-20(25)18(10-13-5-4-7-16(21)9-13)23-19(24)15-11-14-6-2-3-8-17(14)22-12-15/h2-9,11-12,18H,10H2,1H3,(H,23,24)/t18-/m0/s1. The number of methoxy groups -OCH3 is 1. The number of nitrogens with zero attached hydrogens (tertiary/aromatic N) is 1. The summed E-state index contributed by atoms with van der Waals surface area (Å²) in [6.07, 6.45) is 1.87. The van der Waals surface area contributed by atoms with Gasteiger partial charge in [0, 0.05) is 21.6 Å². The van der Waals surface area contributed by atoms with E-state index in [-0.39, 0.29) is 5.91 Å². The van der Waals surface area contributed by atoms with Crippen molar-refractivity contribution < 1.29 is 14.3 Å². The van der Waals surface area contributed by atoms with Crippen molar-refractivity contribution in [3.63, 3.8) is 0 Å². The molecule has 1 N–H and O–H groups in total. The quantitative estimate of drug-likeness (QED) is 0.469. The Morgan fingerprint density at radius 2 is 1.96 bits per heavy atom. The molecule has 0 radical (unpaired) electrons. The number of nitrogens with one attached hydrogen (secondary N) is 1. The van der Waals surface area contributed by atoms with Crippen molar-refractivity contribution in [2.75, 3.05) is 7.11 Å². The Kier molecular flexibility index (Phi) is 5.82. The molecule has 1 amide bonds. The van der Waals surface area contributed by atoms with Gasteiger partial charge in [-0.3, -0.25) is 9.78 Å². The normalized spacial score (nSPS) is 11.8. The maximum absolute atomic E-state index is 12.6. The summed E-state index contributed by atoms with van der Waals surface area (Å²) in [6.45, 7) is 0. The van der Waals surface area contributed by atoms with E-state index in [1.54, 1.807) is 6.07 Å². The molecule has 0 bridgehead atoms. The van der Waals surface area contributed by atoms with Crippen LogP contribution in [0.2, 0.25) is 0 Å². The molecule has 0 saturated carbocycles. The first kappa shape index (κ1) is 18.3. The highest BCUT2D eigenvalue weighted by molar-refractivity contribution is 14.1. The molecule has 5 nitrogen and oxygen atoms in total. The lowest BCUT2D eigenvalue weighted by Gasteiger charge is -2.17. The molecule has 3 rings (SSSR count). The molecule has 1 aromatic heterocycles. The molecule has 0 aliphatic heterocycles. The average Bonchev–Trinajstić information content (AvgIpc) is 2.66. The predicted octanol–water partition coefficient (Wildman–Crippen LogP) is 3.35. The summed E-state index contributed by atoms with van der Waals surface area (Å²) in [4.78, 5) is 29.0. The van der Waals surface area contributed by atoms with Gasteiger partial charge in [-0.2, -0.15) is 0 Å². The van der Waals surface area contributed by atoms with Crippen molar-refractivity contribution >= 4 is 45.4 Å². The second-order valence-corrected chi connectivity index (χ2v) is 7.05. The molecule has 0 aliphatic rings. The largest absolute Gasteiger partial charge is 0.467 e. The van der Waals surface area contributed by atoms with Gasteiger partial charge in [-0.1, -0.05) is 30.3 Å². The van der Waals surface area contributed by atoms with Crippen molar-refractivity contribution in [1.29, 1.82) is 0 Å². The Balaban J connectivity index is 1.80. The van der Waals surface area contributed by atoms with Crippen LogP contribution in [0.5, 0.6) is 0 Å². The zero-order chi connectivity index (χ0) is 18.5. The van der Waals surface area contributed by atoms with E-state index in [4.69, 9.17) is 4.74 Å². The van der Waals surface area contributed by atoms with Crippen LogP contribution < -0.4 is 5.32 Å². The SMILES string of the molecule is COC(=O)[C@H](Cc1cccc(I)c1)NC(=O)c1cnc2ccccc2c1. The van der Waals surface area contributed by atoms with Gasteiger partial charge in [-0.15, -0.1) is 0 Å². The second kappa shape index (κ2) is 8.27. The third kappa shape index (κ3) is 4.37. The van der Waals surface area contributed by atoms with Gasteiger partial charge in [0.15, 0.2) is 0 Å². The number of amides is 1. The molecule has 26 heavy (non-hydrogen) atoms. The van der Waals surface area contributed by atoms with E-state index in [9.17, 15) is 9.59 Å². The Morgan fingerprint density at radius 3 is 2.73 bits per heavy atom. The van der Waals surface area contributed by atoms with Crippen molar-refractivity contribution in [3.8, 4) is 0 Å². The highest BCUT2D eigenvalue weighted by Crippen LogP contribution is 2.14. The maximum Gasteiger partial charge on any atom is 0.328 e. The second-order valence-electron chi connectivity index (χ2n) is 5.80. The number of pyridine rings is 1. The van der Waals surface area contributed by atoms with Crippen LogP contribution in [0.4, 0.5) is 0 Å². The molecule has 0 unspecified atom stereocenters. The van der Waals surface area contributed by atoms with Gasteiger partial charge in [0.05, 0.1) is 18.2 Å². The summed E-state index contributed by atoms with van der Waals surface area (Å²) in [6, 6.07) is 16.3. The van der Waals surface area contributed by atoms with Gasteiger partial charge in [0.1, 0.15) is 6.04 Å². The van der Waals surface area contributed by atoms with Crippen LogP contribution in [0, 0.1) is 3.57 Å². The van der Waals surface area contributed by atoms with Gasteiger partial charge < -0.3 is 10.1 Å². The summed E-state index contributed by atoms with van der Waals surface area (Å²) >= 11 is 2.21. The zero-order valence-corrected chi connectivity index (χ0v) is 16.3. The molecule has 1 atom stereocenters. The number of carbonyl (C=O) groups excluding carboxylic acids is 2. The number of hydrogen-bond acceptors (Lipinski definition) is 4. The molecule has 6 heteroatoms. The minimum absolute atomic E-state index is 0.357. The maximum atomic E-state index is 12.6. The lowest BCUT2D eigenvalue weighted by Crippen LogP contribution is -2.43. The number of esters is 1. The van der Waals surface area contributed by atoms with Crippen molar-refractivity contribution in [2.45, 2.75) is 12.5 Å². The van der Waals surface area contributed by atoms with E-state index >= 15 is 0 Å². The minimum atomic E-state index is -0.767. The third-order valence-electron chi connectivity index (χ3n) is 3.97. The number of ether oxygens (including phenoxy) is 1. The molecule has 1 heterocycles. The number of rotatable bonds is 5. The summed E-state index contributed by atoms with van der Waals surface area (Å²) in [5.41, 5.74) is 2.16. The average molecular weight is 460 g/mol. The molecule has 0 spiro atoms. The number of carbonyl (C=O) groups is 2. The van der Waals surface area contributed by atoms with Crippen LogP contribution in [-0.4, -0.2) is 30.0 Å². The Labute approximate surface area is 164 Å². The Morgan fingerprint density at radius 1 is 1.15 bits per heavy atom. The highest BCUT2D eigenvalue weighted by Gasteiger charge is 2.23. The number of halogens is 1. The first-order valence-electron chi connectivity index (χ1n) is 8.05. The van der Waals surface area contributed by atoms with E-state index in [1.165, 1.54) is 13.3 Å². The van der Waals surface area contributed by atoms with Crippen LogP contribution in [0.15, 0.2) is 60.8 Å². The van der Waals surface area contributed by atoms with Crippen molar-refractivity contribution in [1.82, 2.24) is 10.3 Å². The topological polar surface area (TPSA) is 68.3 Å². The van der Waals surface area contributed by atoms with Gasteiger partial charge in [-0.25, -0.2) is 4.79 Å². The first-order chi connectivity index (χ1) is 12.6. The van der Waals surface area contributed by atoms with E-state index in [0.717, 1.165) is 20.0 Å². The summed E-state index contributed by atoms with van der Waals surface area (Å²) in [5, 5.41) is 3.63. The molecule has 0 fully saturated rings. The van der Waals surface area contributed by atoms with Crippen LogP contribution in [0.1, 0.15) is 15.9 Å². The fourth-order valence-corrected chi connectivity index (χ4v) is 3.28. The zero-order valence-electron chi connectivity index (χ0n) is 14.1. The minimum Gasteiger partial charge on any atom is -0.467 e. The molecular formula is C20H17IN2O3. The number of para-hydroxylation sites is 1. The van der Waals surface area contributed by atoms with Gasteiger partial charge in [0.25, 0.3) is 5.91 Å². The number of fused-ring (bicyclic) bond motifs is 1. The van der Waals surface area contributed by atoms with Gasteiger partial charge in [0.2, 0.25) is 0 Å². The van der Waals surface area contributed by atoms with E-state index in [2.05, 4.69) is 32.9 Å². The molecule has 2 aromatic carbocycles. The first-order valence-corrected chi connectivity index (χ1v) is 9.12. The van der Waals surface area contributed by atoms with Crippen molar-refractivity contribution in [2.24, 2.45) is 0 Å². The van der Waals surface area contributed by atoms with E-state index < -0.39 is 12.0 Å². The lowest BCUT2D eigenvalue weighted by atomic mass is 10.1. The molecular weight excluding hydrogens is 443 g/mol. The number of benzene rings is 2. The van der Waals surface area contributed by atoms with E-state index in [1.807, 2.05) is 48.5 Å².